The zero-order chi connectivity index (χ0) is 14.0. The van der Waals surface area contributed by atoms with Crippen LogP contribution in [0.1, 0.15) is 41.3 Å². The molecule has 1 N–H and O–H groups in total. The molecule has 0 aliphatic carbocycles. The maximum atomic E-state index is 11.0. The highest BCUT2D eigenvalue weighted by Crippen LogP contribution is 2.27. The van der Waals surface area contributed by atoms with Crippen molar-refractivity contribution in [3.05, 3.63) is 28.8 Å². The molecule has 19 heavy (non-hydrogen) atoms. The number of carboxylic acids is 1. The number of hydrogen-bond donors (Lipinski definition) is 1. The summed E-state index contributed by atoms with van der Waals surface area (Å²) in [5.74, 6) is -0.140. The Bertz CT molecular complexity index is 458. The van der Waals surface area contributed by atoms with Crippen molar-refractivity contribution < 1.29 is 19.4 Å². The highest BCUT2D eigenvalue weighted by Gasteiger charge is 2.22. The Hall–Kier alpha value is -1.55. The monoisotopic (exact) mass is 264 g/mol. The van der Waals surface area contributed by atoms with Crippen molar-refractivity contribution in [2.24, 2.45) is 0 Å². The van der Waals surface area contributed by atoms with E-state index >= 15 is 0 Å². The van der Waals surface area contributed by atoms with Gasteiger partial charge in [-0.2, -0.15) is 0 Å². The van der Waals surface area contributed by atoms with E-state index in [0.29, 0.717) is 18.3 Å². The zero-order valence-electron chi connectivity index (χ0n) is 11.6. The number of carbonyl (C=O) groups is 1. The predicted octanol–water partition coefficient (Wildman–Crippen LogP) is 2.95. The number of rotatable bonds is 4. The Balaban J connectivity index is 2.06. The smallest absolute Gasteiger partial charge is 0.335 e. The van der Waals surface area contributed by atoms with Crippen molar-refractivity contribution in [1.82, 2.24) is 0 Å². The molecule has 1 heterocycles. The second-order valence-electron chi connectivity index (χ2n) is 5.20. The lowest BCUT2D eigenvalue weighted by molar-refractivity contribution is 0.0261. The van der Waals surface area contributed by atoms with Gasteiger partial charge in [-0.3, -0.25) is 0 Å². The first kappa shape index (κ1) is 13.9. The van der Waals surface area contributed by atoms with Gasteiger partial charge in [-0.05, 0) is 56.9 Å². The van der Waals surface area contributed by atoms with Gasteiger partial charge >= 0.3 is 5.97 Å². The summed E-state index contributed by atoms with van der Waals surface area (Å²) in [6.45, 7) is 6.33. The highest BCUT2D eigenvalue weighted by molar-refractivity contribution is 5.88. The number of aryl methyl sites for hydroxylation is 2. The van der Waals surface area contributed by atoms with Crippen molar-refractivity contribution in [1.29, 1.82) is 0 Å². The van der Waals surface area contributed by atoms with Gasteiger partial charge in [0.25, 0.3) is 0 Å². The van der Waals surface area contributed by atoms with Crippen LogP contribution in [0, 0.1) is 13.8 Å². The molecule has 1 aromatic carbocycles. The Morgan fingerprint density at radius 3 is 2.47 bits per heavy atom. The maximum absolute atomic E-state index is 11.0. The van der Waals surface area contributed by atoms with E-state index in [4.69, 9.17) is 14.6 Å². The summed E-state index contributed by atoms with van der Waals surface area (Å²) in [5.41, 5.74) is 2.00. The van der Waals surface area contributed by atoms with Crippen LogP contribution in [0.25, 0.3) is 0 Å². The standard InChI is InChI=1S/C15H20O4/c1-9-6-12(15(16)17)7-10(2)14(9)18-8-13-5-4-11(3)19-13/h6-7,11,13H,4-5,8H2,1-3H3,(H,16,17). The lowest BCUT2D eigenvalue weighted by atomic mass is 10.1. The minimum atomic E-state index is -0.911. The van der Waals surface area contributed by atoms with Gasteiger partial charge in [0.15, 0.2) is 0 Å². The van der Waals surface area contributed by atoms with Crippen LogP contribution in [-0.2, 0) is 4.74 Å². The summed E-state index contributed by atoms with van der Waals surface area (Å²) in [7, 11) is 0. The molecule has 104 valence electrons. The van der Waals surface area contributed by atoms with Gasteiger partial charge in [0.05, 0.1) is 17.8 Å². The minimum absolute atomic E-state index is 0.146. The van der Waals surface area contributed by atoms with Crippen LogP contribution in [0.3, 0.4) is 0 Å². The first-order chi connectivity index (χ1) is 8.97. The molecule has 0 aromatic heterocycles. The molecule has 4 nitrogen and oxygen atoms in total. The van der Waals surface area contributed by atoms with Crippen molar-refractivity contribution in [2.45, 2.75) is 45.8 Å². The van der Waals surface area contributed by atoms with Crippen LogP contribution in [0.5, 0.6) is 5.75 Å². The number of ether oxygens (including phenoxy) is 2. The van der Waals surface area contributed by atoms with Crippen LogP contribution in [0.15, 0.2) is 12.1 Å². The molecule has 4 heteroatoms. The lowest BCUT2D eigenvalue weighted by Crippen LogP contribution is -2.18. The van der Waals surface area contributed by atoms with E-state index in [1.807, 2.05) is 13.8 Å². The Labute approximate surface area is 113 Å². The molecule has 2 unspecified atom stereocenters. The third-order valence-electron chi connectivity index (χ3n) is 3.44. The Morgan fingerprint density at radius 2 is 2.00 bits per heavy atom. The molecule has 0 amide bonds. The van der Waals surface area contributed by atoms with Crippen LogP contribution in [0.4, 0.5) is 0 Å². The maximum Gasteiger partial charge on any atom is 0.335 e. The van der Waals surface area contributed by atoms with E-state index in [9.17, 15) is 4.79 Å². The first-order valence-corrected chi connectivity index (χ1v) is 6.60. The normalized spacial score (nSPS) is 22.5. The van der Waals surface area contributed by atoms with Crippen LogP contribution in [0.2, 0.25) is 0 Å². The number of aromatic carboxylic acids is 1. The van der Waals surface area contributed by atoms with Crippen molar-refractivity contribution in [3.63, 3.8) is 0 Å². The van der Waals surface area contributed by atoms with Gasteiger partial charge in [0.2, 0.25) is 0 Å². The fourth-order valence-corrected chi connectivity index (χ4v) is 2.49. The molecule has 1 aromatic rings. The van der Waals surface area contributed by atoms with Gasteiger partial charge in [0, 0.05) is 0 Å². The molecular formula is C15H20O4. The van der Waals surface area contributed by atoms with E-state index in [-0.39, 0.29) is 6.10 Å². The lowest BCUT2D eigenvalue weighted by Gasteiger charge is -2.16. The SMILES string of the molecule is Cc1cc(C(=O)O)cc(C)c1OCC1CCC(C)O1. The fraction of sp³-hybridized carbons (Fsp3) is 0.533. The van der Waals surface area contributed by atoms with Crippen LogP contribution >= 0.6 is 0 Å². The Kier molecular flexibility index (Phi) is 4.10. The molecule has 1 aliphatic rings. The summed E-state index contributed by atoms with van der Waals surface area (Å²) >= 11 is 0. The van der Waals surface area contributed by atoms with Crippen LogP contribution in [-0.4, -0.2) is 29.9 Å². The second kappa shape index (κ2) is 5.61. The molecule has 0 saturated carbocycles. The summed E-state index contributed by atoms with van der Waals surface area (Å²) in [6, 6.07) is 3.28. The molecule has 2 rings (SSSR count). The summed E-state index contributed by atoms with van der Waals surface area (Å²) < 4.78 is 11.5. The first-order valence-electron chi connectivity index (χ1n) is 6.60. The number of benzene rings is 1. The highest BCUT2D eigenvalue weighted by atomic mass is 16.5. The average Bonchev–Trinajstić information content (AvgIpc) is 2.73. The topological polar surface area (TPSA) is 55.8 Å². The van der Waals surface area contributed by atoms with E-state index < -0.39 is 5.97 Å². The molecule has 0 bridgehead atoms. The molecule has 2 atom stereocenters. The number of hydrogen-bond acceptors (Lipinski definition) is 3. The molecule has 0 spiro atoms. The van der Waals surface area contributed by atoms with Crippen molar-refractivity contribution >= 4 is 5.97 Å². The van der Waals surface area contributed by atoms with Crippen molar-refractivity contribution in [2.75, 3.05) is 6.61 Å². The quantitative estimate of drug-likeness (QED) is 0.908. The largest absolute Gasteiger partial charge is 0.490 e. The average molecular weight is 264 g/mol. The minimum Gasteiger partial charge on any atom is -0.490 e. The summed E-state index contributed by atoms with van der Waals surface area (Å²) in [6.07, 6.45) is 2.55. The molecule has 1 aliphatic heterocycles. The van der Waals surface area contributed by atoms with E-state index in [1.165, 1.54) is 0 Å². The molecule has 1 fully saturated rings. The van der Waals surface area contributed by atoms with E-state index in [0.717, 1.165) is 29.7 Å². The Morgan fingerprint density at radius 1 is 1.37 bits per heavy atom. The second-order valence-corrected chi connectivity index (χ2v) is 5.20. The zero-order valence-corrected chi connectivity index (χ0v) is 11.6. The van der Waals surface area contributed by atoms with Crippen molar-refractivity contribution in [3.8, 4) is 5.75 Å². The number of carboxylic acid groups (broad SMARTS) is 1. The van der Waals surface area contributed by atoms with E-state index in [1.54, 1.807) is 12.1 Å². The third kappa shape index (κ3) is 3.26. The van der Waals surface area contributed by atoms with Crippen LogP contribution < -0.4 is 4.74 Å². The van der Waals surface area contributed by atoms with Gasteiger partial charge < -0.3 is 14.6 Å². The van der Waals surface area contributed by atoms with Gasteiger partial charge in [0.1, 0.15) is 12.4 Å². The predicted molar refractivity (Wildman–Crippen MR) is 71.9 cm³/mol. The molecular weight excluding hydrogens is 244 g/mol. The van der Waals surface area contributed by atoms with Gasteiger partial charge in [-0.25, -0.2) is 4.79 Å². The summed E-state index contributed by atoms with van der Waals surface area (Å²) in [5, 5.41) is 9.00. The van der Waals surface area contributed by atoms with Gasteiger partial charge in [-0.1, -0.05) is 0 Å². The van der Waals surface area contributed by atoms with Gasteiger partial charge in [-0.15, -0.1) is 0 Å². The fourth-order valence-electron chi connectivity index (χ4n) is 2.49. The summed E-state index contributed by atoms with van der Waals surface area (Å²) in [4.78, 5) is 11.0. The third-order valence-corrected chi connectivity index (χ3v) is 3.44. The molecule has 1 saturated heterocycles. The molecule has 0 radical (unpaired) electrons. The van der Waals surface area contributed by atoms with E-state index in [2.05, 4.69) is 6.92 Å².